The first-order valence-electron chi connectivity index (χ1n) is 8.12. The van der Waals surface area contributed by atoms with Gasteiger partial charge in [0, 0.05) is 36.3 Å². The Hall–Kier alpha value is -1.44. The summed E-state index contributed by atoms with van der Waals surface area (Å²) >= 11 is 3.18. The molecule has 0 N–H and O–H groups in total. The Bertz CT molecular complexity index is 845. The molecule has 1 aliphatic rings. The van der Waals surface area contributed by atoms with E-state index in [0.29, 0.717) is 13.1 Å². The molecular weight excluding hydrogens is 407 g/mol. The number of likely N-dealkylation sites (N-methyl/N-ethyl adjacent to an activating group) is 1. The van der Waals surface area contributed by atoms with Gasteiger partial charge in [0.15, 0.2) is 0 Å². The second-order valence-corrected chi connectivity index (χ2v) is 8.92. The van der Waals surface area contributed by atoms with Crippen molar-refractivity contribution in [3.63, 3.8) is 0 Å². The molecule has 1 fully saturated rings. The summed E-state index contributed by atoms with van der Waals surface area (Å²) in [5.74, 6) is -0.465. The highest BCUT2D eigenvalue weighted by molar-refractivity contribution is 9.10. The number of halogens is 2. The topological polar surface area (TPSA) is 40.6 Å². The highest BCUT2D eigenvalue weighted by atomic mass is 79.9. The van der Waals surface area contributed by atoms with Crippen LogP contribution in [-0.4, -0.2) is 38.9 Å². The Morgan fingerprint density at radius 3 is 2.64 bits per heavy atom. The van der Waals surface area contributed by atoms with Crippen molar-refractivity contribution in [3.8, 4) is 0 Å². The van der Waals surface area contributed by atoms with E-state index in [1.165, 1.54) is 18.2 Å². The monoisotopic (exact) mass is 426 g/mol. The van der Waals surface area contributed by atoms with Gasteiger partial charge in [-0.1, -0.05) is 18.2 Å². The average Bonchev–Trinajstić information content (AvgIpc) is 3.04. The van der Waals surface area contributed by atoms with Crippen LogP contribution in [0.2, 0.25) is 0 Å². The number of hydrogen-bond donors (Lipinski definition) is 0. The molecule has 2 aromatic rings. The Morgan fingerprint density at radius 2 is 1.96 bits per heavy atom. The lowest BCUT2D eigenvalue weighted by Crippen LogP contribution is -2.42. The third kappa shape index (κ3) is 3.88. The molecule has 1 saturated heterocycles. The summed E-state index contributed by atoms with van der Waals surface area (Å²) in [5.41, 5.74) is 1.05. The van der Waals surface area contributed by atoms with Gasteiger partial charge in [0.25, 0.3) is 0 Å². The standard InChI is InChI=1S/C18H20BrFN2O2S/c1-21(15-6-3-2-4-7-15)13-16-8-5-11-22(16)25(23,24)18-10-9-14(20)12-17(18)19/h2-4,6-7,9-10,12,16H,5,8,11,13H2,1H3/t16-/m1/s1. The maximum absolute atomic E-state index is 13.3. The van der Waals surface area contributed by atoms with Crippen molar-refractivity contribution in [3.05, 3.63) is 58.8 Å². The lowest BCUT2D eigenvalue weighted by Gasteiger charge is -2.29. The van der Waals surface area contributed by atoms with Crippen molar-refractivity contribution in [2.24, 2.45) is 0 Å². The minimum atomic E-state index is -3.67. The normalized spacial score (nSPS) is 18.4. The molecule has 1 heterocycles. The number of sulfonamides is 1. The minimum Gasteiger partial charge on any atom is -0.373 e. The van der Waals surface area contributed by atoms with Crippen LogP contribution in [0.25, 0.3) is 0 Å². The molecule has 0 aliphatic carbocycles. The fraction of sp³-hybridized carbons (Fsp3) is 0.333. The molecule has 25 heavy (non-hydrogen) atoms. The fourth-order valence-corrected chi connectivity index (χ4v) is 5.92. The molecule has 1 atom stereocenters. The van der Waals surface area contributed by atoms with Crippen LogP contribution in [0.1, 0.15) is 12.8 Å². The second-order valence-electron chi connectivity index (χ2n) is 6.20. The molecule has 3 rings (SSSR count). The van der Waals surface area contributed by atoms with E-state index in [4.69, 9.17) is 0 Å². The van der Waals surface area contributed by atoms with Gasteiger partial charge in [-0.05, 0) is 59.1 Å². The number of para-hydroxylation sites is 1. The second kappa shape index (κ2) is 7.43. The van der Waals surface area contributed by atoms with Crippen molar-refractivity contribution < 1.29 is 12.8 Å². The van der Waals surface area contributed by atoms with E-state index in [1.54, 1.807) is 4.31 Å². The maximum Gasteiger partial charge on any atom is 0.244 e. The molecule has 0 saturated carbocycles. The van der Waals surface area contributed by atoms with Crippen LogP contribution in [0.3, 0.4) is 0 Å². The Kier molecular flexibility index (Phi) is 5.46. The average molecular weight is 427 g/mol. The van der Waals surface area contributed by atoms with Crippen molar-refractivity contribution >= 4 is 31.6 Å². The molecule has 0 unspecified atom stereocenters. The maximum atomic E-state index is 13.3. The summed E-state index contributed by atoms with van der Waals surface area (Å²) in [6, 6.07) is 13.5. The minimum absolute atomic E-state index is 0.104. The summed E-state index contributed by atoms with van der Waals surface area (Å²) in [6.45, 7) is 1.10. The molecular formula is C18H20BrFN2O2S. The van der Waals surface area contributed by atoms with E-state index in [0.717, 1.165) is 18.5 Å². The van der Waals surface area contributed by atoms with E-state index in [9.17, 15) is 12.8 Å². The van der Waals surface area contributed by atoms with Gasteiger partial charge in [-0.3, -0.25) is 0 Å². The molecule has 0 radical (unpaired) electrons. The zero-order valence-corrected chi connectivity index (χ0v) is 16.3. The van der Waals surface area contributed by atoms with Gasteiger partial charge in [0.1, 0.15) is 5.82 Å². The first-order chi connectivity index (χ1) is 11.9. The summed E-state index contributed by atoms with van der Waals surface area (Å²) < 4.78 is 41.2. The Morgan fingerprint density at radius 1 is 1.24 bits per heavy atom. The molecule has 7 heteroatoms. The third-order valence-corrected chi connectivity index (χ3v) is 7.41. The zero-order chi connectivity index (χ0) is 18.0. The van der Waals surface area contributed by atoms with Gasteiger partial charge in [-0.15, -0.1) is 0 Å². The Balaban J connectivity index is 1.83. The van der Waals surface area contributed by atoms with Crippen LogP contribution in [0.5, 0.6) is 0 Å². The molecule has 0 aromatic heterocycles. The first kappa shape index (κ1) is 18.4. The highest BCUT2D eigenvalue weighted by Crippen LogP contribution is 2.31. The van der Waals surface area contributed by atoms with Gasteiger partial charge in [0.05, 0.1) is 4.90 Å². The molecule has 0 spiro atoms. The smallest absolute Gasteiger partial charge is 0.244 e. The Labute approximate surface area is 156 Å². The predicted octanol–water partition coefficient (Wildman–Crippen LogP) is 3.88. The van der Waals surface area contributed by atoms with Crippen LogP contribution >= 0.6 is 15.9 Å². The van der Waals surface area contributed by atoms with E-state index in [2.05, 4.69) is 20.8 Å². The van der Waals surface area contributed by atoms with Crippen LogP contribution in [0.4, 0.5) is 10.1 Å². The number of rotatable bonds is 5. The largest absolute Gasteiger partial charge is 0.373 e. The summed E-state index contributed by atoms with van der Waals surface area (Å²) in [7, 11) is -1.71. The third-order valence-electron chi connectivity index (χ3n) is 4.49. The fourth-order valence-electron chi connectivity index (χ4n) is 3.22. The quantitative estimate of drug-likeness (QED) is 0.728. The molecule has 0 bridgehead atoms. The summed E-state index contributed by atoms with van der Waals surface area (Å²) in [6.07, 6.45) is 1.64. The number of anilines is 1. The van der Waals surface area contributed by atoms with Gasteiger partial charge in [-0.25, -0.2) is 12.8 Å². The molecule has 2 aromatic carbocycles. The lowest BCUT2D eigenvalue weighted by atomic mass is 10.2. The molecule has 134 valence electrons. The van der Waals surface area contributed by atoms with Crippen molar-refractivity contribution in [1.82, 2.24) is 4.31 Å². The summed E-state index contributed by atoms with van der Waals surface area (Å²) in [4.78, 5) is 2.18. The van der Waals surface area contributed by atoms with Crippen LogP contribution < -0.4 is 4.90 Å². The SMILES string of the molecule is CN(C[C@H]1CCCN1S(=O)(=O)c1ccc(F)cc1Br)c1ccccc1. The predicted molar refractivity (Wildman–Crippen MR) is 101 cm³/mol. The van der Waals surface area contributed by atoms with E-state index in [-0.39, 0.29) is 15.4 Å². The van der Waals surface area contributed by atoms with Crippen LogP contribution in [-0.2, 0) is 10.0 Å². The van der Waals surface area contributed by atoms with Crippen molar-refractivity contribution in [2.75, 3.05) is 25.0 Å². The number of hydrogen-bond acceptors (Lipinski definition) is 3. The van der Waals surface area contributed by atoms with Crippen LogP contribution in [0, 0.1) is 5.82 Å². The summed E-state index contributed by atoms with van der Waals surface area (Å²) in [5, 5.41) is 0. The van der Waals surface area contributed by atoms with Crippen molar-refractivity contribution in [2.45, 2.75) is 23.8 Å². The number of benzene rings is 2. The van der Waals surface area contributed by atoms with Gasteiger partial charge in [-0.2, -0.15) is 4.31 Å². The number of nitrogens with zero attached hydrogens (tertiary/aromatic N) is 2. The molecule has 0 amide bonds. The molecule has 1 aliphatic heterocycles. The van der Waals surface area contributed by atoms with E-state index >= 15 is 0 Å². The van der Waals surface area contributed by atoms with E-state index < -0.39 is 15.8 Å². The van der Waals surface area contributed by atoms with E-state index in [1.807, 2.05) is 37.4 Å². The van der Waals surface area contributed by atoms with Gasteiger partial charge >= 0.3 is 0 Å². The van der Waals surface area contributed by atoms with Crippen LogP contribution in [0.15, 0.2) is 57.9 Å². The zero-order valence-electron chi connectivity index (χ0n) is 13.9. The van der Waals surface area contributed by atoms with Gasteiger partial charge < -0.3 is 4.90 Å². The molecule has 4 nitrogen and oxygen atoms in total. The van der Waals surface area contributed by atoms with Gasteiger partial charge in [0.2, 0.25) is 10.0 Å². The lowest BCUT2D eigenvalue weighted by molar-refractivity contribution is 0.389. The highest BCUT2D eigenvalue weighted by Gasteiger charge is 2.36. The van der Waals surface area contributed by atoms with Crippen molar-refractivity contribution in [1.29, 1.82) is 0 Å². The first-order valence-corrected chi connectivity index (χ1v) is 10.4.